The third-order valence-electron chi connectivity index (χ3n) is 5.19. The van der Waals surface area contributed by atoms with Crippen molar-refractivity contribution in [2.24, 2.45) is 5.10 Å². The van der Waals surface area contributed by atoms with Crippen molar-refractivity contribution in [1.29, 1.82) is 0 Å². The molecule has 10 heteroatoms. The highest BCUT2D eigenvalue weighted by molar-refractivity contribution is 7.99. The Labute approximate surface area is 218 Å². The van der Waals surface area contributed by atoms with Crippen LogP contribution in [0, 0.1) is 6.92 Å². The number of nitrogens with zero attached hydrogens (tertiary/aromatic N) is 4. The average molecular weight is 522 g/mol. The Morgan fingerprint density at radius 1 is 1.06 bits per heavy atom. The van der Waals surface area contributed by atoms with Gasteiger partial charge < -0.3 is 9.47 Å². The van der Waals surface area contributed by atoms with E-state index in [0.717, 1.165) is 16.8 Å². The van der Waals surface area contributed by atoms with Gasteiger partial charge in [-0.25, -0.2) is 5.43 Å². The van der Waals surface area contributed by atoms with Crippen LogP contribution in [0.1, 0.15) is 11.1 Å². The second-order valence-electron chi connectivity index (χ2n) is 7.67. The Kier molecular flexibility index (Phi) is 8.24. The lowest BCUT2D eigenvalue weighted by Gasteiger charge is -2.11. The second-order valence-corrected chi connectivity index (χ2v) is 9.05. The molecule has 3 aromatic carbocycles. The molecule has 4 aromatic rings. The summed E-state index contributed by atoms with van der Waals surface area (Å²) in [7, 11) is 3.14. The number of rotatable bonds is 9. The molecule has 1 heterocycles. The molecule has 1 aromatic heterocycles. The number of hydrogen-bond donors (Lipinski definition) is 1. The highest BCUT2D eigenvalue weighted by Crippen LogP contribution is 2.29. The first kappa shape index (κ1) is 25.3. The summed E-state index contributed by atoms with van der Waals surface area (Å²) in [6.45, 7) is 2.03. The number of amides is 1. The Morgan fingerprint density at radius 3 is 2.50 bits per heavy atom. The van der Waals surface area contributed by atoms with E-state index >= 15 is 0 Å². The number of methoxy groups -OCH3 is 2. The number of hydrazone groups is 1. The van der Waals surface area contributed by atoms with E-state index < -0.39 is 0 Å². The van der Waals surface area contributed by atoms with Crippen LogP contribution in [0.4, 0.5) is 0 Å². The van der Waals surface area contributed by atoms with Gasteiger partial charge in [0.25, 0.3) is 5.91 Å². The number of nitrogens with one attached hydrogen (secondary N) is 1. The van der Waals surface area contributed by atoms with Crippen LogP contribution in [0.3, 0.4) is 0 Å². The molecule has 36 heavy (non-hydrogen) atoms. The fraction of sp³-hybridized carbons (Fsp3) is 0.154. The van der Waals surface area contributed by atoms with Crippen LogP contribution in [0.2, 0.25) is 5.02 Å². The number of thioether (sulfide) groups is 1. The average Bonchev–Trinajstić information content (AvgIpc) is 3.32. The number of carbonyl (C=O) groups excluding carboxylic acids is 1. The van der Waals surface area contributed by atoms with Gasteiger partial charge in [-0.1, -0.05) is 41.1 Å². The van der Waals surface area contributed by atoms with Gasteiger partial charge in [0.2, 0.25) is 0 Å². The van der Waals surface area contributed by atoms with E-state index in [1.165, 1.54) is 18.0 Å². The molecule has 0 saturated carbocycles. The number of benzene rings is 3. The highest BCUT2D eigenvalue weighted by Gasteiger charge is 2.17. The number of hydrogen-bond acceptors (Lipinski definition) is 7. The molecule has 1 amide bonds. The largest absolute Gasteiger partial charge is 0.497 e. The lowest BCUT2D eigenvalue weighted by Crippen LogP contribution is -2.20. The molecular formula is C26H24ClN5O3S. The van der Waals surface area contributed by atoms with Crippen LogP contribution in [-0.4, -0.2) is 46.9 Å². The van der Waals surface area contributed by atoms with Crippen molar-refractivity contribution < 1.29 is 14.3 Å². The Balaban J connectivity index is 1.49. The van der Waals surface area contributed by atoms with Crippen LogP contribution in [0.15, 0.2) is 77.0 Å². The van der Waals surface area contributed by atoms with Crippen LogP contribution < -0.4 is 14.9 Å². The smallest absolute Gasteiger partial charge is 0.250 e. The SMILES string of the molecule is COc1ccc(/C=N/NC(=O)CSc2nnc(-c3ccc(Cl)cc3)n2-c2ccc(C)cc2)c(OC)c1. The fourth-order valence-corrected chi connectivity index (χ4v) is 4.21. The topological polar surface area (TPSA) is 90.6 Å². The summed E-state index contributed by atoms with van der Waals surface area (Å²) in [5.74, 6) is 1.72. The zero-order valence-electron chi connectivity index (χ0n) is 19.9. The van der Waals surface area contributed by atoms with Gasteiger partial charge >= 0.3 is 0 Å². The van der Waals surface area contributed by atoms with Crippen molar-refractivity contribution in [3.05, 3.63) is 82.9 Å². The second kappa shape index (κ2) is 11.7. The van der Waals surface area contributed by atoms with Gasteiger partial charge in [0, 0.05) is 27.9 Å². The van der Waals surface area contributed by atoms with Crippen LogP contribution in [-0.2, 0) is 4.79 Å². The van der Waals surface area contributed by atoms with Gasteiger partial charge in [-0.15, -0.1) is 10.2 Å². The van der Waals surface area contributed by atoms with E-state index in [9.17, 15) is 4.79 Å². The number of carbonyl (C=O) groups is 1. The van der Waals surface area contributed by atoms with E-state index in [2.05, 4.69) is 20.7 Å². The Hall–Kier alpha value is -3.82. The maximum absolute atomic E-state index is 12.5. The fourth-order valence-electron chi connectivity index (χ4n) is 3.34. The van der Waals surface area contributed by atoms with Crippen molar-refractivity contribution in [1.82, 2.24) is 20.2 Å². The molecule has 0 aliphatic heterocycles. The Bertz CT molecular complexity index is 1370. The minimum absolute atomic E-state index is 0.0989. The molecule has 0 spiro atoms. The summed E-state index contributed by atoms with van der Waals surface area (Å²) >= 11 is 7.33. The molecule has 0 aliphatic carbocycles. The standard InChI is InChI=1S/C26H24ClN5O3S/c1-17-4-11-21(12-5-17)32-25(18-6-9-20(27)10-7-18)30-31-26(32)36-16-24(33)29-28-15-19-8-13-22(34-2)14-23(19)35-3/h4-15H,16H2,1-3H3,(H,29,33)/b28-15+. The van der Waals surface area contributed by atoms with Crippen LogP contribution in [0.25, 0.3) is 17.1 Å². The third kappa shape index (κ3) is 6.05. The number of halogens is 1. The van der Waals surface area contributed by atoms with E-state index in [1.807, 2.05) is 47.9 Å². The normalized spacial score (nSPS) is 11.0. The highest BCUT2D eigenvalue weighted by atomic mass is 35.5. The first-order chi connectivity index (χ1) is 17.5. The molecule has 0 aliphatic rings. The molecular weight excluding hydrogens is 498 g/mol. The van der Waals surface area contributed by atoms with Gasteiger partial charge in [0.15, 0.2) is 11.0 Å². The summed E-state index contributed by atoms with van der Waals surface area (Å²) in [6.07, 6.45) is 1.52. The number of aromatic nitrogens is 3. The van der Waals surface area contributed by atoms with Crippen molar-refractivity contribution in [3.8, 4) is 28.6 Å². The van der Waals surface area contributed by atoms with Crippen molar-refractivity contribution >= 4 is 35.5 Å². The summed E-state index contributed by atoms with van der Waals surface area (Å²) in [5, 5.41) is 14.0. The quantitative estimate of drug-likeness (QED) is 0.186. The zero-order chi connectivity index (χ0) is 25.5. The van der Waals surface area contributed by atoms with Gasteiger partial charge in [-0.05, 0) is 55.5 Å². The van der Waals surface area contributed by atoms with Gasteiger partial charge in [-0.2, -0.15) is 5.10 Å². The predicted molar refractivity (Wildman–Crippen MR) is 143 cm³/mol. The van der Waals surface area contributed by atoms with Gasteiger partial charge in [0.1, 0.15) is 11.5 Å². The van der Waals surface area contributed by atoms with Gasteiger partial charge in [0.05, 0.1) is 26.2 Å². The molecule has 0 atom stereocenters. The molecule has 184 valence electrons. The minimum atomic E-state index is -0.282. The molecule has 0 saturated heterocycles. The van der Waals surface area contributed by atoms with E-state index in [0.29, 0.717) is 33.1 Å². The first-order valence-corrected chi connectivity index (χ1v) is 12.3. The number of ether oxygens (including phenoxy) is 2. The van der Waals surface area contributed by atoms with Crippen molar-refractivity contribution in [3.63, 3.8) is 0 Å². The summed E-state index contributed by atoms with van der Waals surface area (Å²) in [6, 6.07) is 20.7. The van der Waals surface area contributed by atoms with Crippen LogP contribution in [0.5, 0.6) is 11.5 Å². The first-order valence-electron chi connectivity index (χ1n) is 10.9. The Morgan fingerprint density at radius 2 is 1.81 bits per heavy atom. The molecule has 0 unspecified atom stereocenters. The zero-order valence-corrected chi connectivity index (χ0v) is 21.5. The molecule has 0 bridgehead atoms. The maximum Gasteiger partial charge on any atom is 0.250 e. The summed E-state index contributed by atoms with van der Waals surface area (Å²) in [4.78, 5) is 12.5. The van der Waals surface area contributed by atoms with Gasteiger partial charge in [-0.3, -0.25) is 9.36 Å². The van der Waals surface area contributed by atoms with Crippen molar-refractivity contribution in [2.45, 2.75) is 12.1 Å². The lowest BCUT2D eigenvalue weighted by atomic mass is 10.2. The van der Waals surface area contributed by atoms with E-state index in [1.54, 1.807) is 44.6 Å². The summed E-state index contributed by atoms with van der Waals surface area (Å²) in [5.41, 5.74) is 6.14. The number of aryl methyl sites for hydroxylation is 1. The summed E-state index contributed by atoms with van der Waals surface area (Å²) < 4.78 is 12.5. The molecule has 8 nitrogen and oxygen atoms in total. The van der Waals surface area contributed by atoms with Crippen molar-refractivity contribution in [2.75, 3.05) is 20.0 Å². The molecule has 0 fully saturated rings. The maximum atomic E-state index is 12.5. The molecule has 0 radical (unpaired) electrons. The van der Waals surface area contributed by atoms with Crippen LogP contribution >= 0.6 is 23.4 Å². The predicted octanol–water partition coefficient (Wildman–Crippen LogP) is 5.16. The van der Waals surface area contributed by atoms with E-state index in [4.69, 9.17) is 21.1 Å². The third-order valence-corrected chi connectivity index (χ3v) is 6.37. The monoisotopic (exact) mass is 521 g/mol. The lowest BCUT2D eigenvalue weighted by molar-refractivity contribution is -0.118. The minimum Gasteiger partial charge on any atom is -0.497 e. The van der Waals surface area contributed by atoms with E-state index in [-0.39, 0.29) is 11.7 Å². The molecule has 1 N–H and O–H groups in total. The molecule has 4 rings (SSSR count).